The van der Waals surface area contributed by atoms with Gasteiger partial charge in [0, 0.05) is 35.7 Å². The summed E-state index contributed by atoms with van der Waals surface area (Å²) in [7, 11) is 0.383. The maximum Gasteiger partial charge on any atom is 0.163 e. The molecule has 0 aliphatic carbocycles. The molecule has 3 atom stereocenters. The predicted octanol–water partition coefficient (Wildman–Crippen LogP) is 4.27. The third-order valence-electron chi connectivity index (χ3n) is 6.66. The molecule has 8 heteroatoms. The third kappa shape index (κ3) is 6.13. The lowest BCUT2D eigenvalue weighted by molar-refractivity contribution is -1.02. The first kappa shape index (κ1) is 25.4. The van der Waals surface area contributed by atoms with Crippen molar-refractivity contribution in [2.24, 2.45) is 10.9 Å². The Kier molecular flexibility index (Phi) is 8.62. The smallest absolute Gasteiger partial charge is 0.163 e. The molecular weight excluding hydrogens is 458 g/mol. The van der Waals surface area contributed by atoms with Gasteiger partial charge in [0.25, 0.3) is 0 Å². The van der Waals surface area contributed by atoms with Gasteiger partial charge in [-0.2, -0.15) is 5.06 Å². The normalized spacial score (nSPS) is 17.1. The first-order valence-corrected chi connectivity index (χ1v) is 13.7. The number of fused-ring (bicyclic) bond motifs is 3. The second-order valence-corrected chi connectivity index (χ2v) is 10.5. The van der Waals surface area contributed by atoms with Crippen LogP contribution in [0.3, 0.4) is 0 Å². The number of aromatic nitrogens is 1. The van der Waals surface area contributed by atoms with Crippen LogP contribution in [0.1, 0.15) is 51.0 Å². The zero-order valence-corrected chi connectivity index (χ0v) is 21.4. The van der Waals surface area contributed by atoms with Gasteiger partial charge in [-0.15, -0.1) is 0 Å². The molecule has 0 saturated heterocycles. The van der Waals surface area contributed by atoms with Crippen LogP contribution in [0.2, 0.25) is 0 Å². The van der Waals surface area contributed by atoms with E-state index in [-0.39, 0.29) is 5.06 Å². The Bertz CT molecular complexity index is 1210. The van der Waals surface area contributed by atoms with E-state index >= 15 is 0 Å². The van der Waals surface area contributed by atoms with E-state index in [1.165, 1.54) is 11.3 Å². The molecule has 0 amide bonds. The van der Waals surface area contributed by atoms with Crippen LogP contribution in [0, 0.1) is 5.92 Å². The third-order valence-corrected chi connectivity index (χ3v) is 7.83. The highest BCUT2D eigenvalue weighted by molar-refractivity contribution is 7.83. The van der Waals surface area contributed by atoms with E-state index in [0.29, 0.717) is 23.2 Å². The molecule has 7 nitrogen and oxygen atoms in total. The highest BCUT2D eigenvalue weighted by atomic mass is 32.2. The summed E-state index contributed by atoms with van der Waals surface area (Å²) in [5, 5.41) is 11.0. The Morgan fingerprint density at radius 1 is 1.14 bits per heavy atom. The molecule has 1 aliphatic heterocycles. The maximum atomic E-state index is 12.5. The number of aliphatic imine (C=N–C) groups is 1. The number of quaternary nitrogens is 1. The summed E-state index contributed by atoms with van der Waals surface area (Å²) in [6.45, 7) is 2.89. The molecule has 0 bridgehead atoms. The number of benzene rings is 2. The van der Waals surface area contributed by atoms with Gasteiger partial charge in [0.1, 0.15) is 29.5 Å². The van der Waals surface area contributed by atoms with E-state index in [1.807, 2.05) is 18.2 Å². The first-order valence-electron chi connectivity index (χ1n) is 12.5. The van der Waals surface area contributed by atoms with Gasteiger partial charge in [0.2, 0.25) is 0 Å². The minimum Gasteiger partial charge on any atom is -0.382 e. The number of unbranched alkanes of at least 4 members (excludes halogenated alkanes) is 2. The monoisotopic (exact) mass is 494 g/mol. The average molecular weight is 495 g/mol. The molecular formula is C27H36N5O2S+. The molecule has 186 valence electrons. The number of nitrogens with zero attached hydrogens (tertiary/aromatic N) is 2. The average Bonchev–Trinajstić information content (AvgIpc) is 2.87. The number of nitrogen functional groups attached to an aromatic ring is 1. The quantitative estimate of drug-likeness (QED) is 0.236. The van der Waals surface area contributed by atoms with Gasteiger partial charge < -0.3 is 5.73 Å². The van der Waals surface area contributed by atoms with Crippen LogP contribution < -0.4 is 15.5 Å². The Labute approximate surface area is 210 Å². The van der Waals surface area contributed by atoms with Gasteiger partial charge in [-0.05, 0) is 55.9 Å². The SMILES string of the molecule is CCCCC1=Nc2c(N)nc3ccccc3c2CC1CCCCNS(=O)c1ccc([NH+](C)O)cc1. The van der Waals surface area contributed by atoms with Crippen molar-refractivity contribution in [1.82, 2.24) is 9.71 Å². The maximum absolute atomic E-state index is 12.5. The highest BCUT2D eigenvalue weighted by Crippen LogP contribution is 2.39. The van der Waals surface area contributed by atoms with E-state index in [9.17, 15) is 9.42 Å². The summed E-state index contributed by atoms with van der Waals surface area (Å²) in [5.74, 6) is 0.924. The molecule has 0 radical (unpaired) electrons. The van der Waals surface area contributed by atoms with Crippen molar-refractivity contribution in [3.8, 4) is 0 Å². The van der Waals surface area contributed by atoms with Crippen LogP contribution >= 0.6 is 0 Å². The highest BCUT2D eigenvalue weighted by Gasteiger charge is 2.26. The van der Waals surface area contributed by atoms with Gasteiger partial charge in [0.15, 0.2) is 5.69 Å². The Hall–Kier alpha value is -2.65. The first-order chi connectivity index (χ1) is 17.0. The summed E-state index contributed by atoms with van der Waals surface area (Å²) in [5.41, 5.74) is 11.3. The van der Waals surface area contributed by atoms with Crippen LogP contribution in [0.4, 0.5) is 17.2 Å². The lowest BCUT2D eigenvalue weighted by atomic mass is 9.83. The number of hydrogen-bond donors (Lipinski definition) is 4. The van der Waals surface area contributed by atoms with Crippen LogP contribution in [-0.4, -0.2) is 33.7 Å². The molecule has 2 heterocycles. The van der Waals surface area contributed by atoms with Crippen molar-refractivity contribution in [3.05, 3.63) is 54.1 Å². The van der Waals surface area contributed by atoms with Crippen molar-refractivity contribution < 1.29 is 14.5 Å². The second kappa shape index (κ2) is 11.9. The van der Waals surface area contributed by atoms with Crippen molar-refractivity contribution in [3.63, 3.8) is 0 Å². The zero-order valence-electron chi connectivity index (χ0n) is 20.6. The van der Waals surface area contributed by atoms with E-state index in [4.69, 9.17) is 10.7 Å². The minimum atomic E-state index is -1.26. The Morgan fingerprint density at radius 2 is 1.91 bits per heavy atom. The number of nitrogens with two attached hydrogens (primary N) is 1. The second-order valence-electron chi connectivity index (χ2n) is 9.22. The van der Waals surface area contributed by atoms with Crippen molar-refractivity contribution in [2.45, 2.75) is 56.8 Å². The molecule has 4 rings (SSSR count). The molecule has 3 unspecified atom stereocenters. The molecule has 0 spiro atoms. The number of hydroxylamine groups is 1. The van der Waals surface area contributed by atoms with E-state index < -0.39 is 11.0 Å². The fraction of sp³-hybridized carbons (Fsp3) is 0.407. The van der Waals surface area contributed by atoms with Crippen molar-refractivity contribution >= 4 is 44.8 Å². The van der Waals surface area contributed by atoms with Gasteiger partial charge in [0.05, 0.1) is 10.4 Å². The summed E-state index contributed by atoms with van der Waals surface area (Å²) in [6, 6.07) is 15.3. The number of hydrogen-bond acceptors (Lipinski definition) is 5. The van der Waals surface area contributed by atoms with E-state index in [0.717, 1.165) is 67.2 Å². The number of rotatable bonds is 11. The van der Waals surface area contributed by atoms with Gasteiger partial charge in [-0.1, -0.05) is 38.0 Å². The van der Waals surface area contributed by atoms with Gasteiger partial charge in [-0.25, -0.2) is 19.1 Å². The topological polar surface area (TPSA) is 105 Å². The fourth-order valence-corrected chi connectivity index (χ4v) is 5.57. The molecule has 5 N–H and O–H groups in total. The minimum absolute atomic E-state index is 0.259. The Balaban J connectivity index is 1.37. The molecule has 0 saturated carbocycles. The number of pyridine rings is 1. The number of para-hydroxylation sites is 1. The molecule has 2 aromatic carbocycles. The lowest BCUT2D eigenvalue weighted by Crippen LogP contribution is -3.01. The molecule has 1 aromatic heterocycles. The molecule has 1 aliphatic rings. The number of anilines is 1. The summed E-state index contributed by atoms with van der Waals surface area (Å²) in [6.07, 6.45) is 7.22. The summed E-state index contributed by atoms with van der Waals surface area (Å²) < 4.78 is 15.7. The van der Waals surface area contributed by atoms with Crippen molar-refractivity contribution in [1.29, 1.82) is 0 Å². The predicted molar refractivity (Wildman–Crippen MR) is 143 cm³/mol. The summed E-state index contributed by atoms with van der Waals surface area (Å²) in [4.78, 5) is 10.3. The van der Waals surface area contributed by atoms with Gasteiger partial charge >= 0.3 is 0 Å². The zero-order chi connectivity index (χ0) is 24.8. The fourth-order valence-electron chi connectivity index (χ4n) is 4.69. The standard InChI is InChI=1S/C27H35N5O2S/c1-3-4-11-24-19(18-23-22-10-5-6-12-25(22)31-27(28)26(23)30-24)9-7-8-17-29-35(34)21-15-13-20(14-16-21)32(2)33/h5-6,10,12-16,19,29,33H,3-4,7-9,11,17-18H2,1-2H3,(H2,28,31)/p+1. The lowest BCUT2D eigenvalue weighted by Gasteiger charge is -2.27. The van der Waals surface area contributed by atoms with E-state index in [1.54, 1.807) is 31.3 Å². The molecule has 35 heavy (non-hydrogen) atoms. The van der Waals surface area contributed by atoms with Crippen LogP contribution in [0.25, 0.3) is 10.9 Å². The number of nitrogens with one attached hydrogen (secondary N) is 2. The van der Waals surface area contributed by atoms with Crippen LogP contribution in [0.15, 0.2) is 58.4 Å². The van der Waals surface area contributed by atoms with Crippen LogP contribution in [0.5, 0.6) is 0 Å². The molecule has 0 fully saturated rings. The summed E-state index contributed by atoms with van der Waals surface area (Å²) >= 11 is 0. The Morgan fingerprint density at radius 3 is 2.66 bits per heavy atom. The molecule has 3 aromatic rings. The largest absolute Gasteiger partial charge is 0.382 e. The van der Waals surface area contributed by atoms with Gasteiger partial charge in [-0.3, -0.25) is 4.99 Å². The van der Waals surface area contributed by atoms with E-state index in [2.05, 4.69) is 22.7 Å². The van der Waals surface area contributed by atoms with Crippen molar-refractivity contribution in [2.75, 3.05) is 19.3 Å². The van der Waals surface area contributed by atoms with Crippen LogP contribution in [-0.2, 0) is 17.4 Å².